The maximum absolute atomic E-state index is 11.9. The number of nitrogens with one attached hydrogen (secondary N) is 1. The van der Waals surface area contributed by atoms with Gasteiger partial charge in [-0.25, -0.2) is 9.98 Å². The van der Waals surface area contributed by atoms with E-state index in [1.807, 2.05) is 31.3 Å². The van der Waals surface area contributed by atoms with Crippen LogP contribution in [0.5, 0.6) is 0 Å². The fraction of sp³-hybridized carbons (Fsp3) is 0.688. The maximum Gasteiger partial charge on any atom is 0.310 e. The van der Waals surface area contributed by atoms with Gasteiger partial charge in [-0.2, -0.15) is 0 Å². The number of ether oxygens (including phenoxy) is 1. The zero-order chi connectivity index (χ0) is 17.7. The number of nitrogens with zero attached hydrogens (tertiary/aromatic N) is 4. The third-order valence-electron chi connectivity index (χ3n) is 4.06. The Hall–Kier alpha value is -1.10. The summed E-state index contributed by atoms with van der Waals surface area (Å²) in [5, 5.41) is 6.32. The zero-order valence-corrected chi connectivity index (χ0v) is 18.6. The molecule has 1 aliphatic rings. The van der Waals surface area contributed by atoms with E-state index < -0.39 is 0 Å². The van der Waals surface area contributed by atoms with Crippen LogP contribution in [0.3, 0.4) is 0 Å². The molecule has 1 fully saturated rings. The van der Waals surface area contributed by atoms with Crippen molar-refractivity contribution in [2.45, 2.75) is 20.4 Å². The minimum absolute atomic E-state index is 0. The van der Waals surface area contributed by atoms with Gasteiger partial charge < -0.3 is 19.9 Å². The van der Waals surface area contributed by atoms with Crippen LogP contribution in [0.1, 0.15) is 19.5 Å². The van der Waals surface area contributed by atoms with E-state index in [4.69, 9.17) is 9.73 Å². The van der Waals surface area contributed by atoms with E-state index >= 15 is 0 Å². The number of hydrogen-bond acceptors (Lipinski definition) is 6. The second-order valence-corrected chi connectivity index (χ2v) is 7.03. The summed E-state index contributed by atoms with van der Waals surface area (Å²) in [6, 6.07) is 0. The Bertz CT molecular complexity index is 593. The van der Waals surface area contributed by atoms with Crippen LogP contribution in [0, 0.1) is 11.8 Å². The van der Waals surface area contributed by atoms with Crippen LogP contribution in [-0.4, -0.2) is 62.7 Å². The van der Waals surface area contributed by atoms with Gasteiger partial charge in [0.15, 0.2) is 11.1 Å². The lowest BCUT2D eigenvalue weighted by Gasteiger charge is -2.21. The van der Waals surface area contributed by atoms with E-state index in [1.54, 1.807) is 11.3 Å². The standard InChI is InChI=1S/C16H27N5O2S.HI/c1-6-17-15(18-7-12-10-24-16(19-12)20(3)4)21-8-11(2)13(9-21)14(22)23-5;/h10-11,13H,6-9H2,1-5H3,(H,17,18);1H. The van der Waals surface area contributed by atoms with Gasteiger partial charge >= 0.3 is 5.97 Å². The Balaban J connectivity index is 0.00000312. The number of esters is 1. The van der Waals surface area contributed by atoms with Gasteiger partial charge in [0, 0.05) is 39.1 Å². The molecule has 0 amide bonds. The molecule has 0 saturated carbocycles. The van der Waals surface area contributed by atoms with E-state index in [-0.39, 0.29) is 41.8 Å². The third kappa shape index (κ3) is 5.70. The molecule has 1 saturated heterocycles. The number of anilines is 1. The molecule has 1 aliphatic heterocycles. The fourth-order valence-electron chi connectivity index (χ4n) is 2.75. The number of carbonyl (C=O) groups excluding carboxylic acids is 1. The van der Waals surface area contributed by atoms with Gasteiger partial charge in [0.05, 0.1) is 25.3 Å². The van der Waals surface area contributed by atoms with Crippen molar-refractivity contribution in [3.8, 4) is 0 Å². The number of thiazole rings is 1. The number of aromatic nitrogens is 1. The van der Waals surface area contributed by atoms with Crippen LogP contribution < -0.4 is 10.2 Å². The number of carbonyl (C=O) groups is 1. The first kappa shape index (κ1) is 21.9. The van der Waals surface area contributed by atoms with Gasteiger partial charge in [-0.15, -0.1) is 35.3 Å². The molecule has 1 aromatic rings. The topological polar surface area (TPSA) is 70.1 Å². The molecule has 0 aliphatic carbocycles. The van der Waals surface area contributed by atoms with Crippen molar-refractivity contribution in [3.05, 3.63) is 11.1 Å². The summed E-state index contributed by atoms with van der Waals surface area (Å²) in [5.74, 6) is 0.838. The summed E-state index contributed by atoms with van der Waals surface area (Å²) in [5.41, 5.74) is 0.955. The van der Waals surface area contributed by atoms with Crippen molar-refractivity contribution in [1.82, 2.24) is 15.2 Å². The van der Waals surface area contributed by atoms with Gasteiger partial charge in [-0.1, -0.05) is 6.92 Å². The molecule has 142 valence electrons. The number of rotatable bonds is 5. The second kappa shape index (κ2) is 10.1. The highest BCUT2D eigenvalue weighted by Gasteiger charge is 2.36. The number of aliphatic imine (C=N–C) groups is 1. The van der Waals surface area contributed by atoms with Gasteiger partial charge in [0.1, 0.15) is 0 Å². The predicted octanol–water partition coefficient (Wildman–Crippen LogP) is 2.03. The first-order valence-corrected chi connectivity index (χ1v) is 9.07. The lowest BCUT2D eigenvalue weighted by Crippen LogP contribution is -2.40. The molecule has 2 heterocycles. The van der Waals surface area contributed by atoms with Crippen LogP contribution in [0.15, 0.2) is 10.4 Å². The van der Waals surface area contributed by atoms with E-state index in [0.717, 1.165) is 29.9 Å². The first-order valence-electron chi connectivity index (χ1n) is 8.19. The van der Waals surface area contributed by atoms with E-state index in [9.17, 15) is 4.79 Å². The van der Waals surface area contributed by atoms with Crippen molar-refractivity contribution in [2.75, 3.05) is 45.7 Å². The predicted molar refractivity (Wildman–Crippen MR) is 113 cm³/mol. The summed E-state index contributed by atoms with van der Waals surface area (Å²) in [7, 11) is 5.41. The van der Waals surface area contributed by atoms with Gasteiger partial charge in [-0.05, 0) is 12.8 Å². The van der Waals surface area contributed by atoms with Crippen molar-refractivity contribution < 1.29 is 9.53 Å². The number of halogens is 1. The van der Waals surface area contributed by atoms with E-state index in [1.165, 1.54) is 7.11 Å². The van der Waals surface area contributed by atoms with Gasteiger partial charge in [0.2, 0.25) is 0 Å². The van der Waals surface area contributed by atoms with Gasteiger partial charge in [0.25, 0.3) is 0 Å². The van der Waals surface area contributed by atoms with Crippen molar-refractivity contribution in [1.29, 1.82) is 0 Å². The Labute approximate surface area is 170 Å². The minimum Gasteiger partial charge on any atom is -0.469 e. The molecule has 2 unspecified atom stereocenters. The second-order valence-electron chi connectivity index (χ2n) is 6.20. The van der Waals surface area contributed by atoms with Crippen LogP contribution in [-0.2, 0) is 16.1 Å². The zero-order valence-electron chi connectivity index (χ0n) is 15.5. The van der Waals surface area contributed by atoms with Crippen molar-refractivity contribution in [3.63, 3.8) is 0 Å². The lowest BCUT2D eigenvalue weighted by atomic mass is 9.99. The molecular formula is C16H28IN5O2S. The van der Waals surface area contributed by atoms with E-state index in [0.29, 0.717) is 13.1 Å². The molecule has 7 nitrogen and oxygen atoms in total. The molecule has 9 heteroatoms. The molecule has 25 heavy (non-hydrogen) atoms. The first-order chi connectivity index (χ1) is 11.5. The summed E-state index contributed by atoms with van der Waals surface area (Å²) in [4.78, 5) is 25.3. The maximum atomic E-state index is 11.9. The third-order valence-corrected chi connectivity index (χ3v) is 5.12. The van der Waals surface area contributed by atoms with Crippen LogP contribution >= 0.6 is 35.3 Å². The average molecular weight is 481 g/mol. The highest BCUT2D eigenvalue weighted by atomic mass is 127. The molecule has 1 aromatic heterocycles. The van der Waals surface area contributed by atoms with Crippen LogP contribution in [0.25, 0.3) is 0 Å². The smallest absolute Gasteiger partial charge is 0.310 e. The quantitative estimate of drug-likeness (QED) is 0.301. The molecule has 0 aromatic carbocycles. The molecular weight excluding hydrogens is 453 g/mol. The molecule has 0 spiro atoms. The summed E-state index contributed by atoms with van der Waals surface area (Å²) in [6.07, 6.45) is 0. The van der Waals surface area contributed by atoms with Crippen molar-refractivity contribution >= 4 is 52.4 Å². The van der Waals surface area contributed by atoms with Gasteiger partial charge in [-0.3, -0.25) is 4.79 Å². The van der Waals surface area contributed by atoms with Crippen molar-refractivity contribution in [2.24, 2.45) is 16.8 Å². The minimum atomic E-state index is -0.143. The molecule has 2 atom stereocenters. The Morgan fingerprint density at radius 3 is 2.80 bits per heavy atom. The van der Waals surface area contributed by atoms with Crippen LogP contribution in [0.4, 0.5) is 5.13 Å². The average Bonchev–Trinajstić information content (AvgIpc) is 3.17. The summed E-state index contributed by atoms with van der Waals surface area (Å²) >= 11 is 1.61. The molecule has 0 radical (unpaired) electrons. The monoisotopic (exact) mass is 481 g/mol. The number of hydrogen-bond donors (Lipinski definition) is 1. The highest BCUT2D eigenvalue weighted by molar-refractivity contribution is 14.0. The van der Waals surface area contributed by atoms with Crippen LogP contribution in [0.2, 0.25) is 0 Å². The Kier molecular flexibility index (Phi) is 8.91. The fourth-order valence-corrected chi connectivity index (χ4v) is 3.50. The molecule has 0 bridgehead atoms. The summed E-state index contributed by atoms with van der Waals surface area (Å²) in [6.45, 7) is 6.87. The number of methoxy groups -OCH3 is 1. The number of likely N-dealkylation sites (tertiary alicyclic amines) is 1. The number of guanidine groups is 1. The lowest BCUT2D eigenvalue weighted by molar-refractivity contribution is -0.145. The highest BCUT2D eigenvalue weighted by Crippen LogP contribution is 2.24. The molecule has 1 N–H and O–H groups in total. The Morgan fingerprint density at radius 2 is 2.24 bits per heavy atom. The SMILES string of the molecule is CCNC(=NCc1csc(N(C)C)n1)N1CC(C)C(C(=O)OC)C1.I. The van der Waals surface area contributed by atoms with E-state index in [2.05, 4.69) is 22.1 Å². The molecule has 2 rings (SSSR count). The Morgan fingerprint density at radius 1 is 1.52 bits per heavy atom. The summed E-state index contributed by atoms with van der Waals surface area (Å²) < 4.78 is 4.91. The normalized spacial score (nSPS) is 20.2. The largest absolute Gasteiger partial charge is 0.469 e.